The molecule has 0 fully saturated rings. The van der Waals surface area contributed by atoms with E-state index in [9.17, 15) is 0 Å². The van der Waals surface area contributed by atoms with Crippen molar-refractivity contribution in [2.24, 2.45) is 4.99 Å². The van der Waals surface area contributed by atoms with E-state index in [4.69, 9.17) is 32.7 Å². The van der Waals surface area contributed by atoms with Crippen molar-refractivity contribution in [2.45, 2.75) is 13.8 Å². The standard InChI is InChI=1S/C15H17Cl2N3O2S/c1-5-20(3)8-18-11-7-12(21-4)13(6-10(11)16)22-15-14(17)9(2)19-23-15/h6-8H,5H2,1-4H3/b18-8-. The molecule has 0 bridgehead atoms. The maximum absolute atomic E-state index is 6.28. The van der Waals surface area contributed by atoms with E-state index in [1.165, 1.54) is 11.5 Å². The minimum atomic E-state index is 0.457. The maximum Gasteiger partial charge on any atom is 0.219 e. The normalized spacial score (nSPS) is 11.0. The van der Waals surface area contributed by atoms with E-state index >= 15 is 0 Å². The van der Waals surface area contributed by atoms with E-state index in [0.29, 0.717) is 32.3 Å². The zero-order chi connectivity index (χ0) is 17.0. The number of methoxy groups -OCH3 is 1. The van der Waals surface area contributed by atoms with Crippen molar-refractivity contribution in [3.63, 3.8) is 0 Å². The smallest absolute Gasteiger partial charge is 0.219 e. The summed E-state index contributed by atoms with van der Waals surface area (Å²) in [7, 11) is 3.49. The summed E-state index contributed by atoms with van der Waals surface area (Å²) in [6, 6.07) is 3.38. The maximum atomic E-state index is 6.28. The molecule has 0 atom stereocenters. The lowest BCUT2D eigenvalue weighted by Crippen LogP contribution is -2.14. The number of rotatable bonds is 6. The molecule has 0 unspecified atom stereocenters. The summed E-state index contributed by atoms with van der Waals surface area (Å²) >= 11 is 13.6. The second kappa shape index (κ2) is 7.86. The lowest BCUT2D eigenvalue weighted by molar-refractivity contribution is 0.382. The summed E-state index contributed by atoms with van der Waals surface area (Å²) in [6.45, 7) is 4.70. The first-order valence-electron chi connectivity index (χ1n) is 6.87. The van der Waals surface area contributed by atoms with Gasteiger partial charge < -0.3 is 14.4 Å². The predicted octanol–water partition coefficient (Wildman–Crippen LogP) is 5.17. The minimum Gasteiger partial charge on any atom is -0.493 e. The van der Waals surface area contributed by atoms with Gasteiger partial charge in [-0.05, 0) is 13.8 Å². The van der Waals surface area contributed by atoms with E-state index in [2.05, 4.69) is 9.37 Å². The Kier molecular flexibility index (Phi) is 6.10. The average molecular weight is 374 g/mol. The molecule has 5 nitrogen and oxygen atoms in total. The van der Waals surface area contributed by atoms with Gasteiger partial charge in [-0.15, -0.1) is 0 Å². The fourth-order valence-electron chi connectivity index (χ4n) is 1.61. The highest BCUT2D eigenvalue weighted by molar-refractivity contribution is 7.08. The van der Waals surface area contributed by atoms with Crippen LogP contribution in [-0.2, 0) is 0 Å². The Balaban J connectivity index is 2.33. The van der Waals surface area contributed by atoms with Crippen LogP contribution in [0.5, 0.6) is 16.6 Å². The summed E-state index contributed by atoms with van der Waals surface area (Å²) in [5, 5.41) is 1.44. The van der Waals surface area contributed by atoms with Gasteiger partial charge in [0.15, 0.2) is 11.5 Å². The Morgan fingerprint density at radius 2 is 2.09 bits per heavy atom. The van der Waals surface area contributed by atoms with Crippen molar-refractivity contribution in [1.29, 1.82) is 0 Å². The van der Waals surface area contributed by atoms with Crippen molar-refractivity contribution in [1.82, 2.24) is 9.27 Å². The first-order valence-corrected chi connectivity index (χ1v) is 8.40. The molecule has 0 aliphatic heterocycles. The Morgan fingerprint density at radius 1 is 1.35 bits per heavy atom. The number of aromatic nitrogens is 1. The van der Waals surface area contributed by atoms with E-state index in [1.807, 2.05) is 25.8 Å². The second-order valence-electron chi connectivity index (χ2n) is 4.74. The first kappa shape index (κ1) is 17.8. The number of ether oxygens (including phenoxy) is 2. The lowest BCUT2D eigenvalue weighted by Gasteiger charge is -2.12. The van der Waals surface area contributed by atoms with Crippen LogP contribution >= 0.6 is 34.7 Å². The quantitative estimate of drug-likeness (QED) is 0.517. The zero-order valence-corrected chi connectivity index (χ0v) is 15.6. The largest absolute Gasteiger partial charge is 0.493 e. The van der Waals surface area contributed by atoms with Crippen LogP contribution in [0.3, 0.4) is 0 Å². The summed E-state index contributed by atoms with van der Waals surface area (Å²) in [6.07, 6.45) is 1.71. The molecule has 124 valence electrons. The number of aliphatic imine (C=N–C) groups is 1. The van der Waals surface area contributed by atoms with Gasteiger partial charge in [0, 0.05) is 37.3 Å². The molecule has 8 heteroatoms. The molecule has 2 aromatic rings. The molecule has 0 N–H and O–H groups in total. The van der Waals surface area contributed by atoms with Gasteiger partial charge in [-0.2, -0.15) is 4.37 Å². The Labute approximate surface area is 149 Å². The van der Waals surface area contributed by atoms with E-state index in [0.717, 1.165) is 12.2 Å². The molecule has 1 aromatic carbocycles. The van der Waals surface area contributed by atoms with Crippen molar-refractivity contribution < 1.29 is 9.47 Å². The monoisotopic (exact) mass is 373 g/mol. The lowest BCUT2D eigenvalue weighted by atomic mass is 10.3. The van der Waals surface area contributed by atoms with Crippen molar-refractivity contribution in [3.05, 3.63) is 27.9 Å². The van der Waals surface area contributed by atoms with Crippen LogP contribution in [-0.4, -0.2) is 36.3 Å². The van der Waals surface area contributed by atoms with Gasteiger partial charge in [-0.1, -0.05) is 23.2 Å². The average Bonchev–Trinajstić information content (AvgIpc) is 2.85. The minimum absolute atomic E-state index is 0.457. The molecule has 23 heavy (non-hydrogen) atoms. The highest BCUT2D eigenvalue weighted by Crippen LogP contribution is 2.43. The molecule has 0 amide bonds. The van der Waals surface area contributed by atoms with E-state index in [1.54, 1.807) is 25.6 Å². The fraction of sp³-hybridized carbons (Fsp3) is 0.333. The number of hydrogen-bond donors (Lipinski definition) is 0. The van der Waals surface area contributed by atoms with Crippen LogP contribution in [0.15, 0.2) is 17.1 Å². The van der Waals surface area contributed by atoms with Gasteiger partial charge in [0.2, 0.25) is 5.06 Å². The molecule has 1 aromatic heterocycles. The number of nitrogens with zero attached hydrogens (tertiary/aromatic N) is 3. The van der Waals surface area contributed by atoms with Crippen LogP contribution in [0.4, 0.5) is 5.69 Å². The fourth-order valence-corrected chi connectivity index (χ4v) is 2.71. The van der Waals surface area contributed by atoms with Gasteiger partial charge in [-0.3, -0.25) is 0 Å². The van der Waals surface area contributed by atoms with Crippen LogP contribution in [0, 0.1) is 6.92 Å². The van der Waals surface area contributed by atoms with Crippen LogP contribution in [0.2, 0.25) is 10.0 Å². The topological polar surface area (TPSA) is 47.0 Å². The van der Waals surface area contributed by atoms with Crippen LogP contribution in [0.1, 0.15) is 12.6 Å². The van der Waals surface area contributed by atoms with Gasteiger partial charge in [0.25, 0.3) is 0 Å². The SMILES string of the molecule is CCN(C)/C=N\c1cc(OC)c(Oc2snc(C)c2Cl)cc1Cl. The summed E-state index contributed by atoms with van der Waals surface area (Å²) in [5.41, 5.74) is 1.32. The number of hydrogen-bond acceptors (Lipinski definition) is 5. The highest BCUT2D eigenvalue weighted by atomic mass is 35.5. The molecule has 1 heterocycles. The second-order valence-corrected chi connectivity index (χ2v) is 6.26. The third-order valence-corrected chi connectivity index (χ3v) is 4.77. The van der Waals surface area contributed by atoms with E-state index in [-0.39, 0.29) is 0 Å². The van der Waals surface area contributed by atoms with Crippen molar-refractivity contribution in [2.75, 3.05) is 20.7 Å². The molecule has 0 saturated carbocycles. The summed E-state index contributed by atoms with van der Waals surface area (Å²) < 4.78 is 15.3. The molecular weight excluding hydrogens is 357 g/mol. The summed E-state index contributed by atoms with van der Waals surface area (Å²) in [5.74, 6) is 0.980. The summed E-state index contributed by atoms with van der Waals surface area (Å²) in [4.78, 5) is 6.29. The number of aryl methyl sites for hydroxylation is 1. The molecule has 0 saturated heterocycles. The molecule has 0 aliphatic carbocycles. The predicted molar refractivity (Wildman–Crippen MR) is 96.4 cm³/mol. The Hall–Kier alpha value is -1.50. The highest BCUT2D eigenvalue weighted by Gasteiger charge is 2.15. The number of halogens is 2. The molecule has 0 radical (unpaired) electrons. The number of benzene rings is 1. The van der Waals surface area contributed by atoms with Crippen LogP contribution in [0.25, 0.3) is 0 Å². The zero-order valence-electron chi connectivity index (χ0n) is 13.3. The third-order valence-electron chi connectivity index (χ3n) is 3.09. The van der Waals surface area contributed by atoms with Gasteiger partial charge in [-0.25, -0.2) is 4.99 Å². The molecule has 0 spiro atoms. The van der Waals surface area contributed by atoms with Crippen LogP contribution < -0.4 is 9.47 Å². The van der Waals surface area contributed by atoms with Gasteiger partial charge in [0.05, 0.1) is 29.9 Å². The Bertz CT molecular complexity index is 719. The van der Waals surface area contributed by atoms with E-state index < -0.39 is 0 Å². The van der Waals surface area contributed by atoms with Gasteiger partial charge in [0.1, 0.15) is 5.02 Å². The van der Waals surface area contributed by atoms with Crippen molar-refractivity contribution >= 4 is 46.8 Å². The molecule has 2 rings (SSSR count). The van der Waals surface area contributed by atoms with Crippen molar-refractivity contribution in [3.8, 4) is 16.6 Å². The van der Waals surface area contributed by atoms with Gasteiger partial charge >= 0.3 is 0 Å². The third kappa shape index (κ3) is 4.28. The Morgan fingerprint density at radius 3 is 2.65 bits per heavy atom. The molecule has 0 aliphatic rings. The molecular formula is C15H17Cl2N3O2S. The first-order chi connectivity index (χ1) is 11.0.